The van der Waals surface area contributed by atoms with E-state index >= 15 is 0 Å². The van der Waals surface area contributed by atoms with Crippen molar-refractivity contribution in [1.29, 1.82) is 0 Å². The van der Waals surface area contributed by atoms with Crippen LogP contribution in [-0.2, 0) is 14.8 Å². The molecule has 1 N–H and O–H groups in total. The van der Waals surface area contributed by atoms with Gasteiger partial charge in [0, 0.05) is 10.7 Å². The van der Waals surface area contributed by atoms with Crippen molar-refractivity contribution < 1.29 is 17.6 Å². The van der Waals surface area contributed by atoms with Gasteiger partial charge < -0.3 is 5.32 Å². The molecule has 1 atom stereocenters. The van der Waals surface area contributed by atoms with E-state index in [-0.39, 0.29) is 12.1 Å². The Morgan fingerprint density at radius 1 is 1.24 bits per heavy atom. The third-order valence-electron chi connectivity index (χ3n) is 3.50. The molecule has 0 aliphatic rings. The predicted octanol–water partition coefficient (Wildman–Crippen LogP) is 3.66. The van der Waals surface area contributed by atoms with E-state index in [1.807, 2.05) is 0 Å². The lowest BCUT2D eigenvalue weighted by atomic mass is 10.2. The van der Waals surface area contributed by atoms with Gasteiger partial charge in [0.2, 0.25) is 15.9 Å². The summed E-state index contributed by atoms with van der Waals surface area (Å²) >= 11 is 5.89. The SMILES string of the molecule is CCC(C(=O)Nc1cccc(Cl)c1)N(c1ccc(F)cc1)S(C)(=O)=O. The zero-order valence-corrected chi connectivity index (χ0v) is 15.3. The minimum atomic E-state index is -3.76. The number of anilines is 2. The van der Waals surface area contributed by atoms with Crippen molar-refractivity contribution in [3.8, 4) is 0 Å². The van der Waals surface area contributed by atoms with Crippen molar-refractivity contribution in [1.82, 2.24) is 0 Å². The molecule has 2 rings (SSSR count). The minimum Gasteiger partial charge on any atom is -0.324 e. The number of hydrogen-bond acceptors (Lipinski definition) is 3. The number of benzene rings is 2. The van der Waals surface area contributed by atoms with Gasteiger partial charge in [-0.05, 0) is 48.9 Å². The molecule has 0 heterocycles. The van der Waals surface area contributed by atoms with Crippen LogP contribution in [0.3, 0.4) is 0 Å². The van der Waals surface area contributed by atoms with Crippen molar-refractivity contribution in [3.05, 3.63) is 59.4 Å². The van der Waals surface area contributed by atoms with Crippen LogP contribution >= 0.6 is 11.6 Å². The van der Waals surface area contributed by atoms with E-state index in [4.69, 9.17) is 11.6 Å². The van der Waals surface area contributed by atoms with Crippen molar-refractivity contribution >= 4 is 38.9 Å². The van der Waals surface area contributed by atoms with E-state index in [2.05, 4.69) is 5.32 Å². The van der Waals surface area contributed by atoms with Crippen LogP contribution in [0.15, 0.2) is 48.5 Å². The van der Waals surface area contributed by atoms with Gasteiger partial charge in [-0.15, -0.1) is 0 Å². The lowest BCUT2D eigenvalue weighted by Gasteiger charge is -2.30. The average Bonchev–Trinajstić information content (AvgIpc) is 2.52. The predicted molar refractivity (Wildman–Crippen MR) is 97.9 cm³/mol. The van der Waals surface area contributed by atoms with E-state index in [1.54, 1.807) is 31.2 Å². The molecule has 0 aliphatic carbocycles. The molecule has 2 aromatic rings. The molecule has 0 saturated heterocycles. The Balaban J connectivity index is 2.36. The molecule has 0 radical (unpaired) electrons. The van der Waals surface area contributed by atoms with Gasteiger partial charge in [-0.3, -0.25) is 9.10 Å². The number of nitrogens with one attached hydrogen (secondary N) is 1. The van der Waals surface area contributed by atoms with Crippen LogP contribution in [0.1, 0.15) is 13.3 Å². The van der Waals surface area contributed by atoms with E-state index in [0.29, 0.717) is 10.7 Å². The molecule has 2 aromatic carbocycles. The summed E-state index contributed by atoms with van der Waals surface area (Å²) in [6.07, 6.45) is 1.24. The number of nitrogens with zero attached hydrogens (tertiary/aromatic N) is 1. The highest BCUT2D eigenvalue weighted by atomic mass is 35.5. The highest BCUT2D eigenvalue weighted by Gasteiger charge is 2.31. The molecule has 0 aromatic heterocycles. The molecule has 0 aliphatic heterocycles. The van der Waals surface area contributed by atoms with Crippen LogP contribution < -0.4 is 9.62 Å². The van der Waals surface area contributed by atoms with Gasteiger partial charge in [0.1, 0.15) is 11.9 Å². The summed E-state index contributed by atoms with van der Waals surface area (Å²) in [4.78, 5) is 12.6. The second-order valence-corrected chi connectivity index (χ2v) is 7.75. The molecule has 1 unspecified atom stereocenters. The van der Waals surface area contributed by atoms with Gasteiger partial charge in [0.05, 0.1) is 11.9 Å². The van der Waals surface area contributed by atoms with Gasteiger partial charge >= 0.3 is 0 Å². The van der Waals surface area contributed by atoms with Crippen LogP contribution in [0.4, 0.5) is 15.8 Å². The van der Waals surface area contributed by atoms with Crippen LogP contribution in [0.2, 0.25) is 5.02 Å². The lowest BCUT2D eigenvalue weighted by Crippen LogP contribution is -2.47. The first-order chi connectivity index (χ1) is 11.7. The maximum absolute atomic E-state index is 13.2. The molecule has 1 amide bonds. The molecule has 0 saturated carbocycles. The Hall–Kier alpha value is -2.12. The van der Waals surface area contributed by atoms with Crippen molar-refractivity contribution in [2.75, 3.05) is 15.9 Å². The number of sulfonamides is 1. The summed E-state index contributed by atoms with van der Waals surface area (Å²) in [7, 11) is -3.76. The zero-order chi connectivity index (χ0) is 18.6. The largest absolute Gasteiger partial charge is 0.324 e. The van der Waals surface area contributed by atoms with Gasteiger partial charge in [0.15, 0.2) is 0 Å². The molecular formula is C17H18ClFN2O3S. The highest BCUT2D eigenvalue weighted by molar-refractivity contribution is 7.92. The maximum atomic E-state index is 13.2. The molecule has 5 nitrogen and oxygen atoms in total. The number of carbonyl (C=O) groups excluding carboxylic acids is 1. The molecule has 8 heteroatoms. The number of amides is 1. The van der Waals surface area contributed by atoms with Crippen LogP contribution in [0.25, 0.3) is 0 Å². The quantitative estimate of drug-likeness (QED) is 0.826. The zero-order valence-electron chi connectivity index (χ0n) is 13.7. The van der Waals surface area contributed by atoms with Crippen LogP contribution in [-0.4, -0.2) is 26.6 Å². The smallest absolute Gasteiger partial charge is 0.248 e. The first-order valence-electron chi connectivity index (χ1n) is 7.53. The third-order valence-corrected chi connectivity index (χ3v) is 4.92. The second kappa shape index (κ2) is 7.84. The molecule has 134 valence electrons. The number of halogens is 2. The fraction of sp³-hybridized carbons (Fsp3) is 0.235. The molecule has 0 spiro atoms. The molecular weight excluding hydrogens is 367 g/mol. The number of carbonyl (C=O) groups is 1. The monoisotopic (exact) mass is 384 g/mol. The number of rotatable bonds is 6. The topological polar surface area (TPSA) is 66.5 Å². The van der Waals surface area contributed by atoms with Crippen LogP contribution in [0, 0.1) is 5.82 Å². The summed E-state index contributed by atoms with van der Waals surface area (Å²) < 4.78 is 38.7. The van der Waals surface area contributed by atoms with E-state index in [9.17, 15) is 17.6 Å². The third kappa shape index (κ3) is 4.93. The summed E-state index contributed by atoms with van der Waals surface area (Å²) in [6.45, 7) is 1.70. The summed E-state index contributed by atoms with van der Waals surface area (Å²) in [5, 5.41) is 3.11. The Kier molecular flexibility index (Phi) is 6.02. The molecule has 25 heavy (non-hydrogen) atoms. The van der Waals surface area contributed by atoms with Gasteiger partial charge in [-0.1, -0.05) is 24.6 Å². The van der Waals surface area contributed by atoms with Crippen molar-refractivity contribution in [2.45, 2.75) is 19.4 Å². The van der Waals surface area contributed by atoms with Gasteiger partial charge in [0.25, 0.3) is 0 Å². The molecule has 0 fully saturated rings. The first-order valence-corrected chi connectivity index (χ1v) is 9.76. The summed E-state index contributed by atoms with van der Waals surface area (Å²) in [6, 6.07) is 10.5. The first kappa shape index (κ1) is 19.2. The standard InChI is InChI=1S/C17H18ClFN2O3S/c1-3-16(17(22)20-14-6-4-5-12(18)11-14)21(25(2,23)24)15-9-7-13(19)8-10-15/h4-11,16H,3H2,1-2H3,(H,20,22). The summed E-state index contributed by atoms with van der Waals surface area (Å²) in [5.74, 6) is -0.992. The van der Waals surface area contributed by atoms with Crippen molar-refractivity contribution in [3.63, 3.8) is 0 Å². The Morgan fingerprint density at radius 3 is 2.40 bits per heavy atom. The average molecular weight is 385 g/mol. The second-order valence-electron chi connectivity index (χ2n) is 5.46. The Labute approximate surface area is 151 Å². The maximum Gasteiger partial charge on any atom is 0.248 e. The fourth-order valence-corrected chi connectivity index (χ4v) is 3.84. The highest BCUT2D eigenvalue weighted by Crippen LogP contribution is 2.24. The lowest BCUT2D eigenvalue weighted by molar-refractivity contribution is -0.117. The van der Waals surface area contributed by atoms with Crippen LogP contribution in [0.5, 0.6) is 0 Å². The van der Waals surface area contributed by atoms with Gasteiger partial charge in [-0.25, -0.2) is 12.8 Å². The van der Waals surface area contributed by atoms with E-state index < -0.39 is 27.8 Å². The fourth-order valence-electron chi connectivity index (χ4n) is 2.44. The summed E-state index contributed by atoms with van der Waals surface area (Å²) in [5.41, 5.74) is 0.681. The van der Waals surface area contributed by atoms with Gasteiger partial charge in [-0.2, -0.15) is 0 Å². The number of hydrogen-bond donors (Lipinski definition) is 1. The normalized spacial score (nSPS) is 12.5. The van der Waals surface area contributed by atoms with Crippen molar-refractivity contribution in [2.24, 2.45) is 0 Å². The molecule has 0 bridgehead atoms. The Morgan fingerprint density at radius 2 is 1.88 bits per heavy atom. The van der Waals surface area contributed by atoms with E-state index in [1.165, 1.54) is 12.1 Å². The van der Waals surface area contributed by atoms with E-state index in [0.717, 1.165) is 22.7 Å². The Bertz CT molecular complexity index is 856. The minimum absolute atomic E-state index is 0.219.